The Balaban J connectivity index is 2.43. The fourth-order valence-electron chi connectivity index (χ4n) is 3.18. The van der Waals surface area contributed by atoms with Crippen molar-refractivity contribution in [1.82, 2.24) is 4.31 Å². The van der Waals surface area contributed by atoms with E-state index in [1.165, 1.54) is 22.5 Å². The summed E-state index contributed by atoms with van der Waals surface area (Å²) < 4.78 is 50.3. The van der Waals surface area contributed by atoms with Crippen LogP contribution in [0.3, 0.4) is 0 Å². The Kier molecular flexibility index (Phi) is 7.85. The van der Waals surface area contributed by atoms with E-state index in [1.807, 2.05) is 0 Å². The summed E-state index contributed by atoms with van der Waals surface area (Å²) in [5, 5.41) is 2.77. The second-order valence-corrected chi connectivity index (χ2v) is 11.5. The largest absolute Gasteiger partial charge is 0.376 e. The molecule has 0 bridgehead atoms. The predicted octanol–water partition coefficient (Wildman–Crippen LogP) is 2.58. The summed E-state index contributed by atoms with van der Waals surface area (Å²) in [4.78, 5) is 14.7. The molecule has 2 aromatic carbocycles. The van der Waals surface area contributed by atoms with Crippen LogP contribution in [0, 0.1) is 0 Å². The molecule has 0 fully saturated rings. The first-order valence-electron chi connectivity index (χ1n) is 9.78. The molecule has 0 heterocycles. The van der Waals surface area contributed by atoms with Crippen molar-refractivity contribution in [3.63, 3.8) is 0 Å². The molecule has 0 aromatic heterocycles. The Hall–Kier alpha value is -2.43. The summed E-state index contributed by atoms with van der Waals surface area (Å²) in [5.41, 5.74) is 1.76. The average Bonchev–Trinajstić information content (AvgIpc) is 2.67. The number of benzene rings is 2. The van der Waals surface area contributed by atoms with Crippen LogP contribution in [0.4, 0.5) is 11.4 Å². The highest BCUT2D eigenvalue weighted by atomic mass is 32.2. The van der Waals surface area contributed by atoms with Crippen molar-refractivity contribution in [3.05, 3.63) is 53.6 Å². The number of sulfone groups is 1. The van der Waals surface area contributed by atoms with Crippen LogP contribution >= 0.6 is 0 Å². The number of nitrogens with one attached hydrogen (secondary N) is 1. The SMILES string of the molecule is CCN(CC)S(=O)(=O)c1ccc(N(C)C)c(NC(=O)c2cccc(CS(C)(=O)=O)c2)c1. The number of nitrogens with zero attached hydrogens (tertiary/aromatic N) is 2. The minimum Gasteiger partial charge on any atom is -0.376 e. The van der Waals surface area contributed by atoms with Gasteiger partial charge in [0.25, 0.3) is 5.91 Å². The fourth-order valence-corrected chi connectivity index (χ4v) is 5.45. The van der Waals surface area contributed by atoms with E-state index in [-0.39, 0.29) is 16.2 Å². The van der Waals surface area contributed by atoms with Crippen molar-refractivity contribution in [1.29, 1.82) is 0 Å². The van der Waals surface area contributed by atoms with Crippen LogP contribution in [0.2, 0.25) is 0 Å². The van der Waals surface area contributed by atoms with Gasteiger partial charge < -0.3 is 10.2 Å². The Morgan fingerprint density at radius 3 is 2.16 bits per heavy atom. The molecule has 1 amide bonds. The highest BCUT2D eigenvalue weighted by Gasteiger charge is 2.23. The molecule has 0 saturated heterocycles. The number of carbonyl (C=O) groups excluding carboxylic acids is 1. The third kappa shape index (κ3) is 6.28. The first-order chi connectivity index (χ1) is 14.4. The molecule has 0 aliphatic rings. The van der Waals surface area contributed by atoms with Crippen LogP contribution in [-0.2, 0) is 25.6 Å². The van der Waals surface area contributed by atoms with Crippen LogP contribution in [0.1, 0.15) is 29.8 Å². The number of hydrogen-bond acceptors (Lipinski definition) is 6. The molecule has 0 radical (unpaired) electrons. The van der Waals surface area contributed by atoms with Crippen molar-refractivity contribution >= 4 is 37.1 Å². The molecular formula is C21H29N3O5S2. The van der Waals surface area contributed by atoms with E-state index in [9.17, 15) is 21.6 Å². The number of anilines is 2. The van der Waals surface area contributed by atoms with Gasteiger partial charge in [-0.3, -0.25) is 4.79 Å². The second kappa shape index (κ2) is 9.80. The lowest BCUT2D eigenvalue weighted by molar-refractivity contribution is 0.102. The van der Waals surface area contributed by atoms with E-state index in [4.69, 9.17) is 0 Å². The van der Waals surface area contributed by atoms with Gasteiger partial charge >= 0.3 is 0 Å². The molecule has 1 N–H and O–H groups in total. The first kappa shape index (κ1) is 24.8. The topological polar surface area (TPSA) is 104 Å². The van der Waals surface area contributed by atoms with Crippen molar-refractivity contribution in [2.45, 2.75) is 24.5 Å². The summed E-state index contributed by atoms with van der Waals surface area (Å²) in [6.45, 7) is 4.20. The van der Waals surface area contributed by atoms with Gasteiger partial charge in [-0.1, -0.05) is 26.0 Å². The molecular weight excluding hydrogens is 438 g/mol. The van der Waals surface area contributed by atoms with Crippen molar-refractivity contribution in [2.24, 2.45) is 0 Å². The molecule has 0 aliphatic carbocycles. The highest BCUT2D eigenvalue weighted by molar-refractivity contribution is 7.90. The molecule has 31 heavy (non-hydrogen) atoms. The van der Waals surface area contributed by atoms with Gasteiger partial charge in [0.2, 0.25) is 10.0 Å². The molecule has 0 spiro atoms. The highest BCUT2D eigenvalue weighted by Crippen LogP contribution is 2.29. The quantitative estimate of drug-likeness (QED) is 0.608. The molecule has 0 atom stereocenters. The summed E-state index contributed by atoms with van der Waals surface area (Å²) in [5.74, 6) is -0.634. The van der Waals surface area contributed by atoms with Crippen LogP contribution in [0.15, 0.2) is 47.4 Å². The number of amides is 1. The number of sulfonamides is 1. The molecule has 0 saturated carbocycles. The smallest absolute Gasteiger partial charge is 0.255 e. The van der Waals surface area contributed by atoms with Crippen LogP contribution < -0.4 is 10.2 Å². The normalized spacial score (nSPS) is 12.1. The van der Waals surface area contributed by atoms with Crippen molar-refractivity contribution < 1.29 is 21.6 Å². The summed E-state index contributed by atoms with van der Waals surface area (Å²) >= 11 is 0. The van der Waals surface area contributed by atoms with E-state index in [0.717, 1.165) is 6.26 Å². The van der Waals surface area contributed by atoms with Gasteiger partial charge in [0, 0.05) is 39.0 Å². The minimum absolute atomic E-state index is 0.0860. The second-order valence-electron chi connectivity index (χ2n) is 7.39. The van der Waals surface area contributed by atoms with Gasteiger partial charge in [0.05, 0.1) is 22.0 Å². The molecule has 2 rings (SSSR count). The van der Waals surface area contributed by atoms with Crippen molar-refractivity contribution in [2.75, 3.05) is 43.7 Å². The number of rotatable bonds is 9. The minimum atomic E-state index is -3.70. The Morgan fingerprint density at radius 2 is 1.61 bits per heavy atom. The third-order valence-electron chi connectivity index (χ3n) is 4.66. The van der Waals surface area contributed by atoms with Crippen LogP contribution in [-0.4, -0.2) is 60.5 Å². The zero-order chi connectivity index (χ0) is 23.4. The molecule has 0 aliphatic heterocycles. The standard InChI is InChI=1S/C21H29N3O5S2/c1-6-24(7-2)31(28,29)18-11-12-20(23(3)4)19(14-18)22-21(25)17-10-8-9-16(13-17)15-30(5,26)27/h8-14H,6-7,15H2,1-5H3,(H,22,25). The lowest BCUT2D eigenvalue weighted by Gasteiger charge is -2.22. The molecule has 170 valence electrons. The van der Waals surface area contributed by atoms with Gasteiger partial charge in [0.15, 0.2) is 9.84 Å². The Labute approximate surface area is 184 Å². The zero-order valence-electron chi connectivity index (χ0n) is 18.4. The molecule has 0 unspecified atom stereocenters. The van der Waals surface area contributed by atoms with Crippen LogP contribution in [0.25, 0.3) is 0 Å². The Morgan fingerprint density at radius 1 is 0.968 bits per heavy atom. The fraction of sp³-hybridized carbons (Fsp3) is 0.381. The van der Waals surface area contributed by atoms with E-state index in [2.05, 4.69) is 5.32 Å². The van der Waals surface area contributed by atoms with Gasteiger partial charge in [-0.15, -0.1) is 0 Å². The zero-order valence-corrected chi connectivity index (χ0v) is 20.0. The molecule has 10 heteroatoms. The summed E-state index contributed by atoms with van der Waals surface area (Å²) in [6.07, 6.45) is 1.13. The van der Waals surface area contributed by atoms with Crippen LogP contribution in [0.5, 0.6) is 0 Å². The maximum Gasteiger partial charge on any atom is 0.255 e. The third-order valence-corrected chi connectivity index (χ3v) is 7.56. The average molecular weight is 468 g/mol. The molecule has 2 aromatic rings. The number of hydrogen-bond donors (Lipinski definition) is 1. The van der Waals surface area contributed by atoms with Crippen molar-refractivity contribution in [3.8, 4) is 0 Å². The lowest BCUT2D eigenvalue weighted by atomic mass is 10.1. The van der Waals surface area contributed by atoms with E-state index < -0.39 is 25.8 Å². The lowest BCUT2D eigenvalue weighted by Crippen LogP contribution is -2.30. The van der Waals surface area contributed by atoms with E-state index in [1.54, 1.807) is 57.1 Å². The Bertz CT molecular complexity index is 1160. The van der Waals surface area contributed by atoms with E-state index >= 15 is 0 Å². The van der Waals surface area contributed by atoms with Gasteiger partial charge in [0.1, 0.15) is 0 Å². The van der Waals surface area contributed by atoms with Gasteiger partial charge in [-0.25, -0.2) is 16.8 Å². The maximum absolute atomic E-state index is 12.9. The van der Waals surface area contributed by atoms with E-state index in [0.29, 0.717) is 30.0 Å². The molecule has 8 nitrogen and oxygen atoms in total. The van der Waals surface area contributed by atoms with Gasteiger partial charge in [-0.05, 0) is 35.9 Å². The predicted molar refractivity (Wildman–Crippen MR) is 124 cm³/mol. The number of carbonyl (C=O) groups is 1. The first-order valence-corrected chi connectivity index (χ1v) is 13.3. The summed E-state index contributed by atoms with van der Waals surface area (Å²) in [6, 6.07) is 11.0. The van der Waals surface area contributed by atoms with Gasteiger partial charge in [-0.2, -0.15) is 4.31 Å². The maximum atomic E-state index is 12.9. The summed E-state index contributed by atoms with van der Waals surface area (Å²) in [7, 11) is -3.36. The monoisotopic (exact) mass is 467 g/mol.